The average Bonchev–Trinajstić information content (AvgIpc) is 2.73. The number of rotatable bonds is 7. The standard InChI is InChI=1S/C20H32N6O/c1-4-25-8-10-26(11-9-25)20-13-19(22-14-23-20)15(3)17-12-16(27-5-2)6-7-18(17)24-21/h13-14,16,24H,3-12,21H2,1-2H3/t16-/m0/s1. The molecule has 0 radical (unpaired) electrons. The van der Waals surface area contributed by atoms with Crippen LogP contribution in [0.3, 0.4) is 0 Å². The van der Waals surface area contributed by atoms with Gasteiger partial charge in [-0.05, 0) is 37.5 Å². The zero-order valence-corrected chi connectivity index (χ0v) is 16.6. The van der Waals surface area contributed by atoms with Gasteiger partial charge in [0.2, 0.25) is 0 Å². The van der Waals surface area contributed by atoms with Gasteiger partial charge in [-0.3, -0.25) is 5.84 Å². The van der Waals surface area contributed by atoms with Crippen molar-refractivity contribution in [1.82, 2.24) is 20.3 Å². The maximum atomic E-state index is 5.84. The van der Waals surface area contributed by atoms with E-state index in [1.807, 2.05) is 6.92 Å². The fraction of sp³-hybridized carbons (Fsp3) is 0.600. The Balaban J connectivity index is 1.77. The van der Waals surface area contributed by atoms with Crippen molar-refractivity contribution in [3.63, 3.8) is 0 Å². The Kier molecular flexibility index (Phi) is 6.82. The highest BCUT2D eigenvalue weighted by molar-refractivity contribution is 5.77. The third kappa shape index (κ3) is 4.66. The Bertz CT molecular complexity index is 681. The molecule has 1 fully saturated rings. The molecule has 0 saturated carbocycles. The van der Waals surface area contributed by atoms with Crippen LogP contribution >= 0.6 is 0 Å². The van der Waals surface area contributed by atoms with E-state index in [0.717, 1.165) is 86.9 Å². The lowest BCUT2D eigenvalue weighted by Crippen LogP contribution is -2.46. The van der Waals surface area contributed by atoms with E-state index in [9.17, 15) is 0 Å². The van der Waals surface area contributed by atoms with E-state index in [-0.39, 0.29) is 6.10 Å². The molecular weight excluding hydrogens is 340 g/mol. The lowest BCUT2D eigenvalue weighted by atomic mass is 9.88. The maximum Gasteiger partial charge on any atom is 0.132 e. The van der Waals surface area contributed by atoms with Crippen molar-refractivity contribution in [2.75, 3.05) is 44.2 Å². The molecule has 2 heterocycles. The first-order valence-corrected chi connectivity index (χ1v) is 9.95. The molecule has 2 aliphatic rings. The second kappa shape index (κ2) is 9.30. The topological polar surface area (TPSA) is 79.5 Å². The maximum absolute atomic E-state index is 5.84. The zero-order chi connectivity index (χ0) is 19.2. The van der Waals surface area contributed by atoms with E-state index in [1.54, 1.807) is 6.33 Å². The summed E-state index contributed by atoms with van der Waals surface area (Å²) in [5.41, 5.74) is 6.77. The second-order valence-electron chi connectivity index (χ2n) is 7.08. The van der Waals surface area contributed by atoms with E-state index in [4.69, 9.17) is 10.6 Å². The van der Waals surface area contributed by atoms with Crippen LogP contribution in [0.4, 0.5) is 5.82 Å². The molecule has 7 nitrogen and oxygen atoms in total. The Morgan fingerprint density at radius 1 is 1.30 bits per heavy atom. The summed E-state index contributed by atoms with van der Waals surface area (Å²) in [6.45, 7) is 14.5. The molecule has 0 bridgehead atoms. The smallest absolute Gasteiger partial charge is 0.132 e. The number of nitrogens with zero attached hydrogens (tertiary/aromatic N) is 4. The third-order valence-corrected chi connectivity index (χ3v) is 5.56. The molecule has 7 heteroatoms. The molecule has 0 spiro atoms. The molecule has 1 atom stereocenters. The van der Waals surface area contributed by atoms with E-state index < -0.39 is 0 Å². The number of ether oxygens (including phenoxy) is 1. The van der Waals surface area contributed by atoms with Crippen molar-refractivity contribution in [1.29, 1.82) is 0 Å². The van der Waals surface area contributed by atoms with E-state index in [2.05, 4.69) is 44.8 Å². The van der Waals surface area contributed by atoms with Gasteiger partial charge in [0, 0.05) is 51.0 Å². The summed E-state index contributed by atoms with van der Waals surface area (Å²) in [6.07, 6.45) is 4.50. The number of piperazine rings is 1. The van der Waals surface area contributed by atoms with Crippen LogP contribution in [0.1, 0.15) is 38.8 Å². The Morgan fingerprint density at radius 3 is 2.74 bits per heavy atom. The molecule has 1 aromatic heterocycles. The predicted molar refractivity (Wildman–Crippen MR) is 109 cm³/mol. The number of likely N-dealkylation sites (N-methyl/N-ethyl adjacent to an activating group) is 1. The molecule has 0 aromatic carbocycles. The molecule has 1 aliphatic carbocycles. The molecule has 27 heavy (non-hydrogen) atoms. The van der Waals surface area contributed by atoms with Crippen LogP contribution in [-0.4, -0.2) is 60.3 Å². The van der Waals surface area contributed by atoms with Gasteiger partial charge < -0.3 is 20.0 Å². The SMILES string of the molecule is C=C(C1=C(NN)CC[C@H](OCC)C1)c1cc(N2CCN(CC)CC2)ncn1. The van der Waals surface area contributed by atoms with Gasteiger partial charge in [-0.1, -0.05) is 13.5 Å². The summed E-state index contributed by atoms with van der Waals surface area (Å²) < 4.78 is 5.84. The summed E-state index contributed by atoms with van der Waals surface area (Å²) in [5.74, 6) is 6.74. The lowest BCUT2D eigenvalue weighted by Gasteiger charge is -2.34. The quantitative estimate of drug-likeness (QED) is 0.559. The number of anilines is 1. The van der Waals surface area contributed by atoms with Crippen LogP contribution in [0.5, 0.6) is 0 Å². The highest BCUT2D eigenvalue weighted by Gasteiger charge is 2.24. The summed E-state index contributed by atoms with van der Waals surface area (Å²) in [5, 5.41) is 0. The van der Waals surface area contributed by atoms with Crippen LogP contribution in [0.15, 0.2) is 30.2 Å². The first-order chi connectivity index (χ1) is 13.2. The van der Waals surface area contributed by atoms with Crippen LogP contribution < -0.4 is 16.2 Å². The fourth-order valence-corrected chi connectivity index (χ4v) is 3.88. The minimum Gasteiger partial charge on any atom is -0.378 e. The Morgan fingerprint density at radius 2 is 2.07 bits per heavy atom. The van der Waals surface area contributed by atoms with Gasteiger partial charge in [-0.15, -0.1) is 0 Å². The molecule has 3 rings (SSSR count). The Labute approximate surface area is 162 Å². The van der Waals surface area contributed by atoms with Gasteiger partial charge >= 0.3 is 0 Å². The number of hydrogen-bond donors (Lipinski definition) is 2. The highest BCUT2D eigenvalue weighted by atomic mass is 16.5. The van der Waals surface area contributed by atoms with Gasteiger partial charge in [0.1, 0.15) is 12.1 Å². The number of aromatic nitrogens is 2. The summed E-state index contributed by atoms with van der Waals surface area (Å²) in [6, 6.07) is 2.05. The molecule has 0 unspecified atom stereocenters. The second-order valence-corrected chi connectivity index (χ2v) is 7.08. The van der Waals surface area contributed by atoms with Crippen LogP contribution in [0.25, 0.3) is 5.57 Å². The zero-order valence-electron chi connectivity index (χ0n) is 16.6. The molecule has 148 valence electrons. The average molecular weight is 373 g/mol. The van der Waals surface area contributed by atoms with Crippen molar-refractivity contribution in [3.05, 3.63) is 35.9 Å². The summed E-state index contributed by atoms with van der Waals surface area (Å²) in [4.78, 5) is 13.8. The number of nitrogens with two attached hydrogens (primary N) is 1. The van der Waals surface area contributed by atoms with Crippen LogP contribution in [0.2, 0.25) is 0 Å². The fourth-order valence-electron chi connectivity index (χ4n) is 3.88. The lowest BCUT2D eigenvalue weighted by molar-refractivity contribution is 0.0538. The van der Waals surface area contributed by atoms with Crippen LogP contribution in [-0.2, 0) is 4.74 Å². The minimum atomic E-state index is 0.210. The van der Waals surface area contributed by atoms with Crippen molar-refractivity contribution in [2.24, 2.45) is 5.84 Å². The number of hydrazine groups is 1. The third-order valence-electron chi connectivity index (χ3n) is 5.56. The molecule has 0 amide bonds. The van der Waals surface area contributed by atoms with E-state index in [1.165, 1.54) is 0 Å². The normalized spacial score (nSPS) is 21.4. The number of nitrogens with one attached hydrogen (secondary N) is 1. The van der Waals surface area contributed by atoms with E-state index in [0.29, 0.717) is 0 Å². The van der Waals surface area contributed by atoms with Crippen molar-refractivity contribution >= 4 is 11.4 Å². The molecule has 3 N–H and O–H groups in total. The van der Waals surface area contributed by atoms with Crippen molar-refractivity contribution < 1.29 is 4.74 Å². The Hall–Kier alpha value is -1.96. The van der Waals surface area contributed by atoms with Gasteiger partial charge in [-0.25, -0.2) is 9.97 Å². The predicted octanol–water partition coefficient (Wildman–Crippen LogP) is 1.94. The molecule has 1 saturated heterocycles. The van der Waals surface area contributed by atoms with Gasteiger partial charge in [0.05, 0.1) is 11.8 Å². The van der Waals surface area contributed by atoms with Crippen molar-refractivity contribution in [2.45, 2.75) is 39.2 Å². The van der Waals surface area contributed by atoms with Gasteiger partial charge in [0.25, 0.3) is 0 Å². The van der Waals surface area contributed by atoms with Gasteiger partial charge in [0.15, 0.2) is 0 Å². The first-order valence-electron chi connectivity index (χ1n) is 9.95. The first kappa shape index (κ1) is 19.8. The minimum absolute atomic E-state index is 0.210. The van der Waals surface area contributed by atoms with Crippen molar-refractivity contribution in [3.8, 4) is 0 Å². The number of hydrogen-bond acceptors (Lipinski definition) is 7. The van der Waals surface area contributed by atoms with E-state index >= 15 is 0 Å². The molecular formula is C20H32N6O. The molecule has 1 aliphatic heterocycles. The summed E-state index contributed by atoms with van der Waals surface area (Å²) >= 11 is 0. The highest BCUT2D eigenvalue weighted by Crippen LogP contribution is 2.34. The number of allylic oxidation sites excluding steroid dienone is 2. The van der Waals surface area contributed by atoms with Gasteiger partial charge in [-0.2, -0.15) is 0 Å². The van der Waals surface area contributed by atoms with Crippen LogP contribution in [0, 0.1) is 0 Å². The summed E-state index contributed by atoms with van der Waals surface area (Å²) in [7, 11) is 0. The monoisotopic (exact) mass is 372 g/mol. The largest absolute Gasteiger partial charge is 0.378 e. The molecule has 1 aromatic rings.